The highest BCUT2D eigenvalue weighted by Gasteiger charge is 2.01. The number of nitrogens with one attached hydrogen (secondary N) is 2. The summed E-state index contributed by atoms with van der Waals surface area (Å²) in [5, 5.41) is 7.81. The summed E-state index contributed by atoms with van der Waals surface area (Å²) in [6, 6.07) is 8.45. The molecule has 0 aliphatic carbocycles. The highest BCUT2D eigenvalue weighted by Crippen LogP contribution is 2.11. The van der Waals surface area contributed by atoms with Crippen LogP contribution in [0.15, 0.2) is 35.5 Å². The van der Waals surface area contributed by atoms with E-state index in [-0.39, 0.29) is 24.0 Å². The van der Waals surface area contributed by atoms with Crippen molar-refractivity contribution in [1.29, 1.82) is 0 Å². The number of ether oxygens (including phenoxy) is 1. The van der Waals surface area contributed by atoms with Crippen LogP contribution in [0.5, 0.6) is 0 Å². The second-order valence-corrected chi connectivity index (χ2v) is 6.74. The topological polar surface area (TPSA) is 58.5 Å². The Morgan fingerprint density at radius 1 is 1.20 bits per heavy atom. The van der Waals surface area contributed by atoms with Gasteiger partial charge in [0.05, 0.1) is 11.6 Å². The normalized spacial score (nSPS) is 11.1. The molecule has 2 N–H and O–H groups in total. The molecule has 0 atom stereocenters. The molecular weight excluding hydrogens is 447 g/mol. The van der Waals surface area contributed by atoms with Crippen LogP contribution in [0.3, 0.4) is 0 Å². The monoisotopic (exact) mass is 474 g/mol. The highest BCUT2D eigenvalue weighted by atomic mass is 127. The minimum Gasteiger partial charge on any atom is -0.377 e. The summed E-state index contributed by atoms with van der Waals surface area (Å²) in [6.07, 6.45) is 2.83. The molecule has 1 heterocycles. The van der Waals surface area contributed by atoms with Gasteiger partial charge >= 0.3 is 0 Å². The van der Waals surface area contributed by atoms with Gasteiger partial charge in [0.2, 0.25) is 0 Å². The van der Waals surface area contributed by atoms with E-state index in [1.807, 2.05) is 13.1 Å². The fraction of sp³-hybridized carbons (Fsp3) is 0.444. The fourth-order valence-corrected chi connectivity index (χ4v) is 2.97. The minimum atomic E-state index is 0. The maximum atomic E-state index is 5.41. The Bertz CT molecular complexity index is 643. The lowest BCUT2D eigenvalue weighted by atomic mass is 10.1. The SMILES string of the molecule is CCOCc1ccc(CNC(=NC)NCCc2ncc(C)s2)cc1.I. The minimum absolute atomic E-state index is 0. The Hall–Kier alpha value is -1.19. The van der Waals surface area contributed by atoms with Gasteiger partial charge in [0, 0.05) is 44.2 Å². The van der Waals surface area contributed by atoms with Crippen LogP contribution in [-0.2, 0) is 24.3 Å². The highest BCUT2D eigenvalue weighted by molar-refractivity contribution is 14.0. The molecule has 0 fully saturated rings. The first-order chi connectivity index (χ1) is 11.7. The van der Waals surface area contributed by atoms with Crippen molar-refractivity contribution in [2.75, 3.05) is 20.2 Å². The van der Waals surface area contributed by atoms with E-state index in [2.05, 4.69) is 51.8 Å². The first kappa shape index (κ1) is 21.9. The summed E-state index contributed by atoms with van der Waals surface area (Å²) in [6.45, 7) is 7.06. The number of aryl methyl sites for hydroxylation is 1. The van der Waals surface area contributed by atoms with Gasteiger partial charge in [0.25, 0.3) is 0 Å². The van der Waals surface area contributed by atoms with Gasteiger partial charge in [-0.25, -0.2) is 4.98 Å². The van der Waals surface area contributed by atoms with E-state index in [1.165, 1.54) is 16.0 Å². The van der Waals surface area contributed by atoms with Gasteiger partial charge in [0.1, 0.15) is 0 Å². The molecule has 0 radical (unpaired) electrons. The van der Waals surface area contributed by atoms with Gasteiger partial charge in [-0.2, -0.15) is 0 Å². The van der Waals surface area contributed by atoms with E-state index in [1.54, 1.807) is 18.4 Å². The van der Waals surface area contributed by atoms with Crippen molar-refractivity contribution in [1.82, 2.24) is 15.6 Å². The third-order valence-corrected chi connectivity index (χ3v) is 4.45. The molecule has 25 heavy (non-hydrogen) atoms. The second kappa shape index (κ2) is 12.2. The molecule has 1 aromatic heterocycles. The molecule has 2 rings (SSSR count). The molecule has 0 aliphatic heterocycles. The average molecular weight is 474 g/mol. The Labute approximate surface area is 171 Å². The molecule has 2 aromatic rings. The summed E-state index contributed by atoms with van der Waals surface area (Å²) in [7, 11) is 1.79. The third-order valence-electron chi connectivity index (χ3n) is 3.48. The van der Waals surface area contributed by atoms with Crippen molar-refractivity contribution < 1.29 is 4.74 Å². The Kier molecular flexibility index (Phi) is 10.7. The van der Waals surface area contributed by atoms with Gasteiger partial charge in [-0.3, -0.25) is 4.99 Å². The quantitative estimate of drug-likeness (QED) is 0.349. The molecule has 138 valence electrons. The van der Waals surface area contributed by atoms with Crippen molar-refractivity contribution in [2.24, 2.45) is 4.99 Å². The second-order valence-electron chi connectivity index (χ2n) is 5.42. The molecule has 0 saturated carbocycles. The van der Waals surface area contributed by atoms with E-state index in [9.17, 15) is 0 Å². The lowest BCUT2D eigenvalue weighted by molar-refractivity contribution is 0.134. The number of guanidine groups is 1. The number of hydrogen-bond acceptors (Lipinski definition) is 4. The van der Waals surface area contributed by atoms with E-state index in [0.29, 0.717) is 6.61 Å². The number of halogens is 1. The first-order valence-electron chi connectivity index (χ1n) is 8.22. The van der Waals surface area contributed by atoms with Crippen LogP contribution < -0.4 is 10.6 Å². The van der Waals surface area contributed by atoms with Crippen molar-refractivity contribution in [3.05, 3.63) is 51.5 Å². The average Bonchev–Trinajstić information content (AvgIpc) is 3.02. The number of benzene rings is 1. The van der Waals surface area contributed by atoms with Crippen molar-refractivity contribution in [3.8, 4) is 0 Å². The first-order valence-corrected chi connectivity index (χ1v) is 9.04. The van der Waals surface area contributed by atoms with E-state index in [0.717, 1.165) is 37.1 Å². The molecular formula is C18H27IN4OS. The fourth-order valence-electron chi connectivity index (χ4n) is 2.18. The molecule has 0 spiro atoms. The van der Waals surface area contributed by atoms with Crippen LogP contribution in [0.4, 0.5) is 0 Å². The van der Waals surface area contributed by atoms with E-state index < -0.39 is 0 Å². The summed E-state index contributed by atoms with van der Waals surface area (Å²) < 4.78 is 5.41. The van der Waals surface area contributed by atoms with E-state index in [4.69, 9.17) is 4.74 Å². The molecule has 0 amide bonds. The smallest absolute Gasteiger partial charge is 0.191 e. The lowest BCUT2D eigenvalue weighted by Gasteiger charge is -2.12. The molecule has 0 aliphatic rings. The van der Waals surface area contributed by atoms with Crippen LogP contribution in [0.2, 0.25) is 0 Å². The number of aliphatic imine (C=N–C) groups is 1. The molecule has 0 saturated heterocycles. The number of nitrogens with zero attached hydrogens (tertiary/aromatic N) is 2. The van der Waals surface area contributed by atoms with Crippen LogP contribution >= 0.6 is 35.3 Å². The Morgan fingerprint density at radius 3 is 2.52 bits per heavy atom. The number of aromatic nitrogens is 1. The van der Waals surface area contributed by atoms with Crippen LogP contribution in [0, 0.1) is 6.92 Å². The maximum Gasteiger partial charge on any atom is 0.191 e. The van der Waals surface area contributed by atoms with Crippen molar-refractivity contribution in [2.45, 2.75) is 33.4 Å². The summed E-state index contributed by atoms with van der Waals surface area (Å²) in [5.41, 5.74) is 2.41. The number of hydrogen-bond donors (Lipinski definition) is 2. The van der Waals surface area contributed by atoms with Gasteiger partial charge in [0.15, 0.2) is 5.96 Å². The summed E-state index contributed by atoms with van der Waals surface area (Å²) in [5.74, 6) is 0.807. The molecule has 7 heteroatoms. The largest absolute Gasteiger partial charge is 0.377 e. The number of rotatable bonds is 8. The van der Waals surface area contributed by atoms with Gasteiger partial charge in [-0.1, -0.05) is 24.3 Å². The zero-order valence-electron chi connectivity index (χ0n) is 15.0. The molecule has 0 unspecified atom stereocenters. The Balaban J connectivity index is 0.00000312. The van der Waals surface area contributed by atoms with Crippen LogP contribution in [0.1, 0.15) is 27.9 Å². The molecule has 5 nitrogen and oxygen atoms in total. The van der Waals surface area contributed by atoms with E-state index >= 15 is 0 Å². The zero-order valence-corrected chi connectivity index (χ0v) is 18.2. The summed E-state index contributed by atoms with van der Waals surface area (Å²) >= 11 is 1.74. The van der Waals surface area contributed by atoms with Gasteiger partial charge in [-0.15, -0.1) is 35.3 Å². The number of thiazole rings is 1. The van der Waals surface area contributed by atoms with Gasteiger partial charge in [-0.05, 0) is 25.0 Å². The van der Waals surface area contributed by atoms with Crippen LogP contribution in [-0.4, -0.2) is 31.1 Å². The predicted octanol–water partition coefficient (Wildman–Crippen LogP) is 3.51. The third kappa shape index (κ3) is 8.15. The van der Waals surface area contributed by atoms with Crippen LogP contribution in [0.25, 0.3) is 0 Å². The van der Waals surface area contributed by atoms with Crippen molar-refractivity contribution >= 4 is 41.3 Å². The maximum absolute atomic E-state index is 5.41. The van der Waals surface area contributed by atoms with Crippen molar-refractivity contribution in [3.63, 3.8) is 0 Å². The lowest BCUT2D eigenvalue weighted by Crippen LogP contribution is -2.37. The predicted molar refractivity (Wildman–Crippen MR) is 116 cm³/mol. The standard InChI is InChI=1S/C18H26N4OS.HI/c1-4-23-13-16-7-5-15(6-8-16)12-22-18(19-3)20-10-9-17-21-11-14(2)24-17;/h5-8,11H,4,9-10,12-13H2,1-3H3,(H2,19,20,22);1H. The summed E-state index contributed by atoms with van der Waals surface area (Å²) in [4.78, 5) is 9.87. The zero-order chi connectivity index (χ0) is 17.2. The Morgan fingerprint density at radius 2 is 1.92 bits per heavy atom. The molecule has 1 aromatic carbocycles. The molecule has 0 bridgehead atoms. The van der Waals surface area contributed by atoms with Gasteiger partial charge < -0.3 is 15.4 Å².